The SMILES string of the molecule is CCCC1=C2[C@@H](CC/C(=C/c3ccc(O)cc3)CCC)OB(O)C[C@@H]2[C@@H]2C(=O)N(c3cccc([N+](=O)[O-])c3)C(=O)[C@@H]2C1. The minimum atomic E-state index is -1.06. The lowest BCUT2D eigenvalue weighted by atomic mass is 9.58. The predicted octanol–water partition coefficient (Wildman–Crippen LogP) is 6.07. The van der Waals surface area contributed by atoms with E-state index in [9.17, 15) is 29.8 Å². The van der Waals surface area contributed by atoms with Crippen molar-refractivity contribution >= 4 is 36.4 Å². The number of fused-ring (bicyclic) bond motifs is 3. The molecule has 2 aromatic carbocycles. The normalized spacial score (nSPS) is 24.2. The van der Waals surface area contributed by atoms with Gasteiger partial charge >= 0.3 is 7.12 Å². The van der Waals surface area contributed by atoms with Crippen LogP contribution in [-0.2, 0) is 14.2 Å². The Morgan fingerprint density at radius 3 is 2.55 bits per heavy atom. The summed E-state index contributed by atoms with van der Waals surface area (Å²) in [5.74, 6) is -2.03. The number of amides is 2. The van der Waals surface area contributed by atoms with Crippen LogP contribution in [0.1, 0.15) is 64.4 Å². The molecule has 2 aromatic rings. The van der Waals surface area contributed by atoms with E-state index in [1.54, 1.807) is 18.2 Å². The first-order valence-corrected chi connectivity index (χ1v) is 14.9. The van der Waals surface area contributed by atoms with Gasteiger partial charge in [-0.3, -0.25) is 19.7 Å². The number of allylic oxidation sites excluding steroid dienone is 2. The molecule has 2 aliphatic heterocycles. The van der Waals surface area contributed by atoms with Crippen LogP contribution in [0, 0.1) is 27.9 Å². The van der Waals surface area contributed by atoms with Crippen molar-refractivity contribution in [2.45, 2.75) is 71.2 Å². The molecule has 2 heterocycles. The molecule has 4 atom stereocenters. The fourth-order valence-corrected chi connectivity index (χ4v) is 7.02. The number of phenols is 1. The highest BCUT2D eigenvalue weighted by molar-refractivity contribution is 6.43. The molecule has 220 valence electrons. The first kappa shape index (κ1) is 29.7. The van der Waals surface area contributed by atoms with Crippen molar-refractivity contribution < 1.29 is 29.3 Å². The van der Waals surface area contributed by atoms with Crippen molar-refractivity contribution in [3.05, 3.63) is 80.9 Å². The largest absolute Gasteiger partial charge is 0.508 e. The lowest BCUT2D eigenvalue weighted by molar-refractivity contribution is -0.384. The van der Waals surface area contributed by atoms with Crippen LogP contribution >= 0.6 is 0 Å². The van der Waals surface area contributed by atoms with Gasteiger partial charge in [0.2, 0.25) is 11.8 Å². The molecule has 2 N–H and O–H groups in total. The van der Waals surface area contributed by atoms with Crippen LogP contribution in [0.25, 0.3) is 6.08 Å². The monoisotopic (exact) mass is 572 g/mol. The van der Waals surface area contributed by atoms with Crippen LogP contribution < -0.4 is 4.90 Å². The highest BCUT2D eigenvalue weighted by Crippen LogP contribution is 2.52. The number of phenolic OH excluding ortho intramolecular Hbond substituents is 1. The second-order valence-electron chi connectivity index (χ2n) is 11.5. The highest BCUT2D eigenvalue weighted by Gasteiger charge is 2.57. The Bertz CT molecular complexity index is 1420. The van der Waals surface area contributed by atoms with Gasteiger partial charge in [-0.05, 0) is 73.7 Å². The van der Waals surface area contributed by atoms with Crippen molar-refractivity contribution in [3.63, 3.8) is 0 Å². The molecule has 0 spiro atoms. The number of rotatable bonds is 10. The maximum Gasteiger partial charge on any atom is 0.455 e. The molecule has 0 bridgehead atoms. The van der Waals surface area contributed by atoms with Gasteiger partial charge < -0.3 is 14.8 Å². The summed E-state index contributed by atoms with van der Waals surface area (Å²) < 4.78 is 6.14. The number of nitro groups is 1. The van der Waals surface area contributed by atoms with E-state index in [-0.39, 0.29) is 47.3 Å². The second kappa shape index (κ2) is 12.6. The van der Waals surface area contributed by atoms with Crippen LogP contribution in [0.15, 0.2) is 65.3 Å². The van der Waals surface area contributed by atoms with Gasteiger partial charge in [0, 0.05) is 12.1 Å². The van der Waals surface area contributed by atoms with Crippen LogP contribution in [0.5, 0.6) is 5.75 Å². The van der Waals surface area contributed by atoms with Crippen LogP contribution in [0.3, 0.4) is 0 Å². The number of nitrogens with zero attached hydrogens (tertiary/aromatic N) is 2. The zero-order chi connectivity index (χ0) is 30.0. The van der Waals surface area contributed by atoms with Gasteiger partial charge in [0.25, 0.3) is 5.69 Å². The third kappa shape index (κ3) is 5.92. The molecule has 1 aliphatic carbocycles. The Morgan fingerprint density at radius 2 is 1.86 bits per heavy atom. The number of hydrogen-bond acceptors (Lipinski definition) is 7. The van der Waals surface area contributed by atoms with E-state index in [2.05, 4.69) is 19.9 Å². The molecule has 3 aliphatic rings. The first-order valence-electron chi connectivity index (χ1n) is 14.9. The predicted molar refractivity (Wildman–Crippen MR) is 160 cm³/mol. The molecule has 9 nitrogen and oxygen atoms in total. The number of carbonyl (C=O) groups excluding carboxylic acids is 2. The third-order valence-electron chi connectivity index (χ3n) is 8.72. The Labute approximate surface area is 246 Å². The van der Waals surface area contributed by atoms with Gasteiger partial charge in [-0.15, -0.1) is 0 Å². The van der Waals surface area contributed by atoms with Crippen molar-refractivity contribution in [2.75, 3.05) is 4.90 Å². The third-order valence-corrected chi connectivity index (χ3v) is 8.72. The van der Waals surface area contributed by atoms with Gasteiger partial charge in [-0.2, -0.15) is 0 Å². The molecule has 0 aromatic heterocycles. The molecule has 2 saturated heterocycles. The van der Waals surface area contributed by atoms with Crippen molar-refractivity contribution in [1.29, 1.82) is 0 Å². The maximum absolute atomic E-state index is 13.9. The molecule has 0 saturated carbocycles. The summed E-state index contributed by atoms with van der Waals surface area (Å²) in [4.78, 5) is 39.6. The molecule has 0 radical (unpaired) electrons. The standard InChI is InChI=1S/C32H37BN2O7/c1-3-6-20(16-21-10-13-25(36)14-11-21)12-15-28-29-22(7-4-2)17-26-30(27(29)19-33(39)42-28)32(38)34(31(26)37)23-8-5-9-24(18-23)35(40)41/h5,8-11,13-14,16,18,26-28,30,36,39H,3-4,6-7,12,15,17,19H2,1-2H3/b20-16+/t26-,27+,28-,30-/m1/s1. The van der Waals surface area contributed by atoms with Crippen molar-refractivity contribution in [1.82, 2.24) is 0 Å². The molecule has 42 heavy (non-hydrogen) atoms. The van der Waals surface area contributed by atoms with E-state index in [0.717, 1.165) is 53.7 Å². The van der Waals surface area contributed by atoms with E-state index in [0.29, 0.717) is 12.8 Å². The number of anilines is 1. The Kier molecular flexibility index (Phi) is 8.94. The summed E-state index contributed by atoms with van der Waals surface area (Å²) in [7, 11) is -1.06. The Hall–Kier alpha value is -3.76. The molecule has 2 amide bonds. The van der Waals surface area contributed by atoms with E-state index < -0.39 is 23.9 Å². The molecule has 2 fully saturated rings. The quantitative estimate of drug-likeness (QED) is 0.116. The number of benzene rings is 2. The van der Waals surface area contributed by atoms with E-state index in [1.165, 1.54) is 23.8 Å². The number of nitro benzene ring substituents is 1. The van der Waals surface area contributed by atoms with E-state index in [4.69, 9.17) is 4.65 Å². The van der Waals surface area contributed by atoms with Gasteiger partial charge in [0.05, 0.1) is 28.6 Å². The van der Waals surface area contributed by atoms with Gasteiger partial charge in [0.15, 0.2) is 0 Å². The zero-order valence-electron chi connectivity index (χ0n) is 24.1. The minimum Gasteiger partial charge on any atom is -0.508 e. The summed E-state index contributed by atoms with van der Waals surface area (Å²) in [6, 6.07) is 12.7. The van der Waals surface area contributed by atoms with Crippen molar-refractivity contribution in [2.24, 2.45) is 17.8 Å². The number of imide groups is 1. The van der Waals surface area contributed by atoms with Crippen LogP contribution in [0.2, 0.25) is 6.32 Å². The summed E-state index contributed by atoms with van der Waals surface area (Å²) in [6.07, 6.45) is 7.31. The number of aromatic hydroxyl groups is 1. The zero-order valence-corrected chi connectivity index (χ0v) is 24.1. The Balaban J connectivity index is 1.44. The molecule has 10 heteroatoms. The molecular formula is C32H37BN2O7. The maximum atomic E-state index is 13.9. The molecule has 0 unspecified atom stereocenters. The highest BCUT2D eigenvalue weighted by atomic mass is 16.6. The molecular weight excluding hydrogens is 535 g/mol. The smallest absolute Gasteiger partial charge is 0.455 e. The minimum absolute atomic E-state index is 0.182. The number of non-ortho nitro benzene ring substituents is 1. The molecule has 5 rings (SSSR count). The summed E-state index contributed by atoms with van der Waals surface area (Å²) in [5, 5.41) is 31.9. The summed E-state index contributed by atoms with van der Waals surface area (Å²) >= 11 is 0. The fraction of sp³-hybridized carbons (Fsp3) is 0.438. The van der Waals surface area contributed by atoms with Crippen LogP contribution in [0.4, 0.5) is 11.4 Å². The fourth-order valence-electron chi connectivity index (χ4n) is 7.02. The lowest BCUT2D eigenvalue weighted by Gasteiger charge is -2.43. The van der Waals surface area contributed by atoms with Gasteiger partial charge in [0.1, 0.15) is 5.75 Å². The number of hydrogen-bond donors (Lipinski definition) is 2. The van der Waals surface area contributed by atoms with Gasteiger partial charge in [-0.25, -0.2) is 4.90 Å². The van der Waals surface area contributed by atoms with Crippen molar-refractivity contribution in [3.8, 4) is 5.75 Å². The summed E-state index contributed by atoms with van der Waals surface area (Å²) in [6.45, 7) is 4.21. The van der Waals surface area contributed by atoms with Crippen LogP contribution in [-0.4, -0.2) is 40.1 Å². The second-order valence-corrected chi connectivity index (χ2v) is 11.5. The van der Waals surface area contributed by atoms with Gasteiger partial charge in [-0.1, -0.05) is 62.1 Å². The first-order chi connectivity index (χ1) is 20.2. The topological polar surface area (TPSA) is 130 Å². The van der Waals surface area contributed by atoms with E-state index >= 15 is 0 Å². The Morgan fingerprint density at radius 1 is 1.10 bits per heavy atom. The average Bonchev–Trinajstić information content (AvgIpc) is 3.22. The summed E-state index contributed by atoms with van der Waals surface area (Å²) in [5.41, 5.74) is 4.44. The number of carbonyl (C=O) groups is 2. The lowest BCUT2D eigenvalue weighted by Crippen LogP contribution is -2.46. The average molecular weight is 572 g/mol. The van der Waals surface area contributed by atoms with E-state index in [1.807, 2.05) is 12.1 Å².